The van der Waals surface area contributed by atoms with Crippen LogP contribution in [0.2, 0.25) is 0 Å². The SMILES string of the molecule is Cc1ccc(NC(=O)c2c(O)c3cccc4c3n(c2=O)CCC4)cc1. The van der Waals surface area contributed by atoms with Crippen molar-refractivity contribution in [1.29, 1.82) is 0 Å². The summed E-state index contributed by atoms with van der Waals surface area (Å²) >= 11 is 0. The van der Waals surface area contributed by atoms with Crippen LogP contribution in [0.1, 0.15) is 27.9 Å². The molecule has 0 radical (unpaired) electrons. The Bertz CT molecular complexity index is 1050. The molecule has 0 saturated heterocycles. The van der Waals surface area contributed by atoms with Crippen molar-refractivity contribution in [3.63, 3.8) is 0 Å². The Hall–Kier alpha value is -3.08. The summed E-state index contributed by atoms with van der Waals surface area (Å²) < 4.78 is 1.61. The molecule has 0 aliphatic carbocycles. The summed E-state index contributed by atoms with van der Waals surface area (Å²) in [5.74, 6) is -0.836. The fourth-order valence-electron chi connectivity index (χ4n) is 3.45. The number of hydrogen-bond donors (Lipinski definition) is 2. The van der Waals surface area contributed by atoms with E-state index in [0.717, 1.165) is 29.5 Å². The predicted molar refractivity (Wildman–Crippen MR) is 97.3 cm³/mol. The van der Waals surface area contributed by atoms with E-state index in [0.29, 0.717) is 17.6 Å². The average molecular weight is 334 g/mol. The Kier molecular flexibility index (Phi) is 3.57. The lowest BCUT2D eigenvalue weighted by atomic mass is 9.99. The van der Waals surface area contributed by atoms with Crippen molar-refractivity contribution in [3.05, 3.63) is 69.5 Å². The number of carbonyl (C=O) groups excluding carboxylic acids is 1. The van der Waals surface area contributed by atoms with Gasteiger partial charge in [-0.2, -0.15) is 0 Å². The van der Waals surface area contributed by atoms with Crippen molar-refractivity contribution in [2.45, 2.75) is 26.3 Å². The van der Waals surface area contributed by atoms with Gasteiger partial charge in [-0.3, -0.25) is 9.59 Å². The van der Waals surface area contributed by atoms with Crippen molar-refractivity contribution in [3.8, 4) is 5.75 Å². The highest BCUT2D eigenvalue weighted by Crippen LogP contribution is 2.31. The number of aromatic hydroxyl groups is 1. The second-order valence-corrected chi connectivity index (χ2v) is 6.42. The standard InChI is InChI=1S/C20H18N2O3/c1-12-7-9-14(10-8-12)21-19(24)16-18(23)15-6-2-4-13-5-3-11-22(17(13)15)20(16)25/h2,4,6-10,23H,3,5,11H2,1H3,(H,21,24). The van der Waals surface area contributed by atoms with E-state index < -0.39 is 11.5 Å². The molecular formula is C20H18N2O3. The van der Waals surface area contributed by atoms with Gasteiger partial charge in [-0.1, -0.05) is 29.8 Å². The van der Waals surface area contributed by atoms with E-state index >= 15 is 0 Å². The number of aromatic nitrogens is 1. The number of benzene rings is 2. The monoisotopic (exact) mass is 334 g/mol. The van der Waals surface area contributed by atoms with Crippen molar-refractivity contribution in [1.82, 2.24) is 4.57 Å². The minimum atomic E-state index is -0.590. The van der Waals surface area contributed by atoms with E-state index in [2.05, 4.69) is 5.32 Å². The van der Waals surface area contributed by atoms with Gasteiger partial charge in [-0.05, 0) is 43.5 Å². The first-order valence-corrected chi connectivity index (χ1v) is 8.31. The number of amides is 1. The van der Waals surface area contributed by atoms with Gasteiger partial charge in [-0.15, -0.1) is 0 Å². The number of hydrogen-bond acceptors (Lipinski definition) is 3. The average Bonchev–Trinajstić information content (AvgIpc) is 2.61. The number of pyridine rings is 1. The fourth-order valence-corrected chi connectivity index (χ4v) is 3.45. The van der Waals surface area contributed by atoms with Gasteiger partial charge in [0.1, 0.15) is 11.3 Å². The molecule has 0 bridgehead atoms. The van der Waals surface area contributed by atoms with Crippen LogP contribution >= 0.6 is 0 Å². The Balaban J connectivity index is 1.86. The largest absolute Gasteiger partial charge is 0.506 e. The van der Waals surface area contributed by atoms with Crippen LogP contribution in [0.15, 0.2) is 47.3 Å². The second-order valence-electron chi connectivity index (χ2n) is 6.42. The number of nitrogens with one attached hydrogen (secondary N) is 1. The van der Waals surface area contributed by atoms with E-state index in [9.17, 15) is 14.7 Å². The molecule has 0 spiro atoms. The lowest BCUT2D eigenvalue weighted by Crippen LogP contribution is -2.31. The zero-order valence-electron chi connectivity index (χ0n) is 13.9. The summed E-state index contributed by atoms with van der Waals surface area (Å²) in [6, 6.07) is 12.8. The summed E-state index contributed by atoms with van der Waals surface area (Å²) in [6.07, 6.45) is 1.71. The molecule has 1 aromatic heterocycles. The number of rotatable bonds is 2. The molecule has 126 valence electrons. The van der Waals surface area contributed by atoms with Crippen LogP contribution in [0.4, 0.5) is 5.69 Å². The third-order valence-corrected chi connectivity index (χ3v) is 4.70. The molecule has 5 nitrogen and oxygen atoms in total. The van der Waals surface area contributed by atoms with Crippen molar-refractivity contribution >= 4 is 22.5 Å². The molecule has 2 N–H and O–H groups in total. The number of para-hydroxylation sites is 1. The molecule has 0 unspecified atom stereocenters. The molecule has 25 heavy (non-hydrogen) atoms. The number of anilines is 1. The maximum atomic E-state index is 12.8. The lowest BCUT2D eigenvalue weighted by Gasteiger charge is -2.21. The molecule has 5 heteroatoms. The van der Waals surface area contributed by atoms with E-state index in [4.69, 9.17) is 0 Å². The van der Waals surface area contributed by atoms with E-state index in [-0.39, 0.29) is 11.3 Å². The normalized spacial score (nSPS) is 13.0. The molecule has 3 aromatic rings. The summed E-state index contributed by atoms with van der Waals surface area (Å²) in [5, 5.41) is 13.9. The number of aryl methyl sites for hydroxylation is 3. The molecule has 4 rings (SSSR count). The highest BCUT2D eigenvalue weighted by Gasteiger charge is 2.25. The molecule has 2 heterocycles. The number of carbonyl (C=O) groups is 1. The predicted octanol–water partition coefficient (Wildman–Crippen LogP) is 3.21. The van der Waals surface area contributed by atoms with E-state index in [1.54, 1.807) is 22.8 Å². The van der Waals surface area contributed by atoms with Crippen molar-refractivity contribution < 1.29 is 9.90 Å². The molecule has 1 aliphatic heterocycles. The second kappa shape index (κ2) is 5.77. The van der Waals surface area contributed by atoms with Gasteiger partial charge >= 0.3 is 0 Å². The van der Waals surface area contributed by atoms with Crippen LogP contribution in [0.5, 0.6) is 5.75 Å². The Morgan fingerprint density at radius 3 is 2.68 bits per heavy atom. The van der Waals surface area contributed by atoms with Gasteiger partial charge in [0.05, 0.1) is 5.52 Å². The van der Waals surface area contributed by atoms with Crippen LogP contribution in [0.3, 0.4) is 0 Å². The minimum Gasteiger partial charge on any atom is -0.506 e. The molecule has 0 saturated carbocycles. The minimum absolute atomic E-state index is 0.202. The van der Waals surface area contributed by atoms with Gasteiger partial charge < -0.3 is 15.0 Å². The maximum absolute atomic E-state index is 12.8. The van der Waals surface area contributed by atoms with Crippen LogP contribution < -0.4 is 10.9 Å². The first kappa shape index (κ1) is 15.4. The summed E-state index contributed by atoms with van der Waals surface area (Å²) in [6.45, 7) is 2.51. The quantitative estimate of drug-likeness (QED) is 0.756. The zero-order valence-corrected chi connectivity index (χ0v) is 13.9. The zero-order chi connectivity index (χ0) is 17.6. The summed E-state index contributed by atoms with van der Waals surface area (Å²) in [5.41, 5.74) is 2.78. The molecular weight excluding hydrogens is 316 g/mol. The maximum Gasteiger partial charge on any atom is 0.267 e. The lowest BCUT2D eigenvalue weighted by molar-refractivity contribution is 0.102. The van der Waals surface area contributed by atoms with E-state index in [1.165, 1.54) is 0 Å². The fraction of sp³-hybridized carbons (Fsp3) is 0.200. The topological polar surface area (TPSA) is 71.3 Å². The molecule has 0 fully saturated rings. The molecule has 2 aromatic carbocycles. The van der Waals surface area contributed by atoms with Gasteiger partial charge in [0, 0.05) is 17.6 Å². The number of nitrogens with zero attached hydrogens (tertiary/aromatic N) is 1. The van der Waals surface area contributed by atoms with Gasteiger partial charge in [-0.25, -0.2) is 0 Å². The summed E-state index contributed by atoms with van der Waals surface area (Å²) in [4.78, 5) is 25.5. The van der Waals surface area contributed by atoms with Crippen LogP contribution in [-0.4, -0.2) is 15.6 Å². The van der Waals surface area contributed by atoms with Crippen LogP contribution in [0, 0.1) is 6.92 Å². The molecule has 0 atom stereocenters. The Morgan fingerprint density at radius 1 is 1.16 bits per heavy atom. The van der Waals surface area contributed by atoms with Crippen LogP contribution in [0.25, 0.3) is 10.9 Å². The first-order chi connectivity index (χ1) is 12.1. The van der Waals surface area contributed by atoms with E-state index in [1.807, 2.05) is 31.2 Å². The van der Waals surface area contributed by atoms with Gasteiger partial charge in [0.25, 0.3) is 11.5 Å². The molecule has 1 amide bonds. The highest BCUT2D eigenvalue weighted by molar-refractivity contribution is 6.09. The van der Waals surface area contributed by atoms with Crippen molar-refractivity contribution in [2.75, 3.05) is 5.32 Å². The van der Waals surface area contributed by atoms with Crippen molar-refractivity contribution in [2.24, 2.45) is 0 Å². The van der Waals surface area contributed by atoms with Gasteiger partial charge in [0.15, 0.2) is 0 Å². The highest BCUT2D eigenvalue weighted by atomic mass is 16.3. The third kappa shape index (κ3) is 2.48. The Labute approximate surface area is 144 Å². The third-order valence-electron chi connectivity index (χ3n) is 4.70. The van der Waals surface area contributed by atoms with Crippen LogP contribution in [-0.2, 0) is 13.0 Å². The smallest absolute Gasteiger partial charge is 0.267 e. The van der Waals surface area contributed by atoms with Gasteiger partial charge in [0.2, 0.25) is 0 Å². The molecule has 1 aliphatic rings. The summed E-state index contributed by atoms with van der Waals surface area (Å²) in [7, 11) is 0. The first-order valence-electron chi connectivity index (χ1n) is 8.31. The Morgan fingerprint density at radius 2 is 1.92 bits per heavy atom.